The molecule has 3 aromatic rings. The zero-order chi connectivity index (χ0) is 20.1. The zero-order valence-electron chi connectivity index (χ0n) is 14.8. The van der Waals surface area contributed by atoms with Gasteiger partial charge in [-0.05, 0) is 41.8 Å². The van der Waals surface area contributed by atoms with Crippen LogP contribution in [0, 0.1) is 0 Å². The van der Waals surface area contributed by atoms with Gasteiger partial charge in [-0.2, -0.15) is 0 Å². The van der Waals surface area contributed by atoms with Crippen LogP contribution >= 0.6 is 11.3 Å². The van der Waals surface area contributed by atoms with E-state index in [0.717, 1.165) is 0 Å². The Morgan fingerprint density at radius 1 is 0.929 bits per heavy atom. The number of hydrogen-bond donors (Lipinski definition) is 3. The molecule has 0 saturated carbocycles. The molecular weight excluding hydrogens is 380 g/mol. The lowest BCUT2D eigenvalue weighted by atomic mass is 10.1. The quantitative estimate of drug-likeness (QED) is 0.585. The molecule has 0 fully saturated rings. The van der Waals surface area contributed by atoms with Gasteiger partial charge >= 0.3 is 5.97 Å². The summed E-state index contributed by atoms with van der Waals surface area (Å²) in [4.78, 5) is 36.7. The van der Waals surface area contributed by atoms with Crippen molar-refractivity contribution in [3.05, 3.63) is 76.0 Å². The maximum absolute atomic E-state index is 12.6. The van der Waals surface area contributed by atoms with Crippen LogP contribution in [-0.2, 0) is 0 Å². The van der Waals surface area contributed by atoms with Crippen LogP contribution < -0.4 is 15.4 Å². The highest BCUT2D eigenvalue weighted by molar-refractivity contribution is 7.12. The van der Waals surface area contributed by atoms with E-state index in [1.807, 2.05) is 0 Å². The SMILES string of the molecule is COc1ccc(C(=O)Nc2ccccc2C(=O)O)cc1NC(=O)c1cccs1. The Morgan fingerprint density at radius 3 is 2.36 bits per heavy atom. The molecule has 0 spiro atoms. The van der Waals surface area contributed by atoms with Crippen molar-refractivity contribution in [2.24, 2.45) is 0 Å². The number of methoxy groups -OCH3 is 1. The van der Waals surface area contributed by atoms with Gasteiger partial charge in [0.2, 0.25) is 0 Å². The number of carbonyl (C=O) groups excluding carboxylic acids is 2. The predicted molar refractivity (Wildman–Crippen MR) is 107 cm³/mol. The Morgan fingerprint density at radius 2 is 1.68 bits per heavy atom. The summed E-state index contributed by atoms with van der Waals surface area (Å²) in [6.45, 7) is 0. The number of amides is 2. The molecule has 0 bridgehead atoms. The lowest BCUT2D eigenvalue weighted by Crippen LogP contribution is -2.16. The molecule has 7 nitrogen and oxygen atoms in total. The number of carboxylic acid groups (broad SMARTS) is 1. The van der Waals surface area contributed by atoms with Crippen molar-refractivity contribution in [3.8, 4) is 5.75 Å². The van der Waals surface area contributed by atoms with Crippen LogP contribution in [0.25, 0.3) is 0 Å². The fourth-order valence-corrected chi connectivity index (χ4v) is 3.13. The van der Waals surface area contributed by atoms with Crippen LogP contribution in [0.3, 0.4) is 0 Å². The Labute approximate surface area is 164 Å². The Balaban J connectivity index is 1.85. The molecular formula is C20H16N2O5S. The molecule has 0 aliphatic rings. The first-order valence-corrected chi connectivity index (χ1v) is 9.04. The van der Waals surface area contributed by atoms with E-state index in [-0.39, 0.29) is 22.7 Å². The first-order chi connectivity index (χ1) is 13.5. The zero-order valence-corrected chi connectivity index (χ0v) is 15.6. The molecule has 0 saturated heterocycles. The molecule has 1 heterocycles. The highest BCUT2D eigenvalue weighted by atomic mass is 32.1. The molecule has 0 aliphatic carbocycles. The van der Waals surface area contributed by atoms with E-state index in [4.69, 9.17) is 4.74 Å². The summed E-state index contributed by atoms with van der Waals surface area (Å²) < 4.78 is 5.25. The monoisotopic (exact) mass is 396 g/mol. The molecule has 3 rings (SSSR count). The number of thiophene rings is 1. The van der Waals surface area contributed by atoms with Gasteiger partial charge in [-0.1, -0.05) is 18.2 Å². The third kappa shape index (κ3) is 4.18. The van der Waals surface area contributed by atoms with Gasteiger partial charge in [-0.15, -0.1) is 11.3 Å². The molecule has 0 atom stereocenters. The van der Waals surface area contributed by atoms with Gasteiger partial charge in [0.25, 0.3) is 11.8 Å². The van der Waals surface area contributed by atoms with Crippen LogP contribution in [-0.4, -0.2) is 30.0 Å². The summed E-state index contributed by atoms with van der Waals surface area (Å²) in [6.07, 6.45) is 0. The highest BCUT2D eigenvalue weighted by Gasteiger charge is 2.16. The fraction of sp³-hybridized carbons (Fsp3) is 0.0500. The van der Waals surface area contributed by atoms with Crippen LogP contribution in [0.1, 0.15) is 30.4 Å². The largest absolute Gasteiger partial charge is 0.495 e. The second-order valence-corrected chi connectivity index (χ2v) is 6.60. The Bertz CT molecular complexity index is 1030. The number of benzene rings is 2. The molecule has 2 amide bonds. The molecule has 1 aromatic heterocycles. The van der Waals surface area contributed by atoms with Gasteiger partial charge in [-0.25, -0.2) is 4.79 Å². The Hall–Kier alpha value is -3.65. The number of aromatic carboxylic acids is 1. The van der Waals surface area contributed by atoms with E-state index in [1.165, 1.54) is 42.7 Å². The van der Waals surface area contributed by atoms with Crippen LogP contribution in [0.5, 0.6) is 5.75 Å². The number of rotatable bonds is 6. The summed E-state index contributed by atoms with van der Waals surface area (Å²) in [5.41, 5.74) is 0.734. The molecule has 3 N–H and O–H groups in total. The maximum atomic E-state index is 12.6. The number of carboxylic acids is 1. The van der Waals surface area contributed by atoms with E-state index in [0.29, 0.717) is 16.3 Å². The third-order valence-electron chi connectivity index (χ3n) is 3.86. The minimum absolute atomic E-state index is 0.0180. The normalized spacial score (nSPS) is 10.2. The lowest BCUT2D eigenvalue weighted by Gasteiger charge is -2.12. The second kappa shape index (κ2) is 8.36. The van der Waals surface area contributed by atoms with Gasteiger partial charge < -0.3 is 20.5 Å². The van der Waals surface area contributed by atoms with Gasteiger partial charge in [0.15, 0.2) is 0 Å². The van der Waals surface area contributed by atoms with Crippen molar-refractivity contribution < 1.29 is 24.2 Å². The van der Waals surface area contributed by atoms with Gasteiger partial charge in [0.05, 0.1) is 28.9 Å². The van der Waals surface area contributed by atoms with E-state index in [2.05, 4.69) is 10.6 Å². The number of hydrogen-bond acceptors (Lipinski definition) is 5. The number of para-hydroxylation sites is 1. The minimum Gasteiger partial charge on any atom is -0.495 e. The molecule has 2 aromatic carbocycles. The number of ether oxygens (including phenoxy) is 1. The first-order valence-electron chi connectivity index (χ1n) is 8.16. The number of carbonyl (C=O) groups is 3. The van der Waals surface area contributed by atoms with Gasteiger partial charge in [0.1, 0.15) is 5.75 Å². The average molecular weight is 396 g/mol. The van der Waals surface area contributed by atoms with Crippen LogP contribution in [0.2, 0.25) is 0 Å². The molecule has 28 heavy (non-hydrogen) atoms. The standard InChI is InChI=1S/C20H16N2O5S/c1-27-16-9-8-12(11-15(16)22-19(24)17-7-4-10-28-17)18(23)21-14-6-3-2-5-13(14)20(25)26/h2-11H,1H3,(H,21,23)(H,22,24)(H,25,26). The summed E-state index contributed by atoms with van der Waals surface area (Å²) in [7, 11) is 1.46. The second-order valence-electron chi connectivity index (χ2n) is 5.65. The number of nitrogens with one attached hydrogen (secondary N) is 2. The molecule has 142 valence electrons. The van der Waals surface area contributed by atoms with Crippen molar-refractivity contribution in [1.29, 1.82) is 0 Å². The number of anilines is 2. The van der Waals surface area contributed by atoms with E-state index >= 15 is 0 Å². The van der Waals surface area contributed by atoms with Crippen molar-refractivity contribution in [3.63, 3.8) is 0 Å². The van der Waals surface area contributed by atoms with Crippen LogP contribution in [0.4, 0.5) is 11.4 Å². The van der Waals surface area contributed by atoms with Gasteiger partial charge in [-0.3, -0.25) is 9.59 Å². The lowest BCUT2D eigenvalue weighted by molar-refractivity contribution is 0.0697. The average Bonchev–Trinajstić information content (AvgIpc) is 3.23. The highest BCUT2D eigenvalue weighted by Crippen LogP contribution is 2.27. The predicted octanol–water partition coefficient (Wildman–Crippen LogP) is 3.96. The summed E-state index contributed by atoms with van der Waals surface area (Å²) in [5, 5.41) is 16.3. The summed E-state index contributed by atoms with van der Waals surface area (Å²) >= 11 is 1.29. The third-order valence-corrected chi connectivity index (χ3v) is 4.73. The molecule has 0 radical (unpaired) electrons. The smallest absolute Gasteiger partial charge is 0.337 e. The molecule has 8 heteroatoms. The fourth-order valence-electron chi connectivity index (χ4n) is 2.51. The molecule has 0 aliphatic heterocycles. The maximum Gasteiger partial charge on any atom is 0.337 e. The van der Waals surface area contributed by atoms with Gasteiger partial charge in [0, 0.05) is 5.56 Å². The minimum atomic E-state index is -1.14. The summed E-state index contributed by atoms with van der Waals surface area (Å²) in [6, 6.07) is 14.1. The van der Waals surface area contributed by atoms with Crippen LogP contribution in [0.15, 0.2) is 60.0 Å². The van der Waals surface area contributed by atoms with Crippen molar-refractivity contribution in [2.75, 3.05) is 17.7 Å². The van der Waals surface area contributed by atoms with Crippen molar-refractivity contribution in [2.45, 2.75) is 0 Å². The molecule has 0 unspecified atom stereocenters. The summed E-state index contributed by atoms with van der Waals surface area (Å²) in [5.74, 6) is -1.58. The van der Waals surface area contributed by atoms with E-state index in [1.54, 1.807) is 35.7 Å². The topological polar surface area (TPSA) is 105 Å². The van der Waals surface area contributed by atoms with Crippen molar-refractivity contribution in [1.82, 2.24) is 0 Å². The first kappa shape index (κ1) is 19.1. The van der Waals surface area contributed by atoms with E-state index < -0.39 is 11.9 Å². The van der Waals surface area contributed by atoms with Crippen molar-refractivity contribution >= 4 is 40.5 Å². The van der Waals surface area contributed by atoms with E-state index in [9.17, 15) is 19.5 Å². The Kier molecular flexibility index (Phi) is 5.71.